The number of thiophene rings is 1. The quantitative estimate of drug-likeness (QED) is 0.533. The van der Waals surface area contributed by atoms with Gasteiger partial charge in [0.25, 0.3) is 0 Å². The zero-order chi connectivity index (χ0) is 16.8. The summed E-state index contributed by atoms with van der Waals surface area (Å²) < 4.78 is 7.49. The number of ether oxygens (including phenoxy) is 1. The third-order valence-corrected chi connectivity index (χ3v) is 4.81. The van der Waals surface area contributed by atoms with Crippen LogP contribution in [0.25, 0.3) is 26.1 Å². The fourth-order valence-corrected chi connectivity index (χ4v) is 4.05. The van der Waals surface area contributed by atoms with Gasteiger partial charge in [0.15, 0.2) is 11.5 Å². The molecule has 0 bridgehead atoms. The molecule has 122 valence electrons. The van der Waals surface area contributed by atoms with E-state index in [4.69, 9.17) is 4.74 Å². The van der Waals surface area contributed by atoms with E-state index in [0.29, 0.717) is 18.1 Å². The fourth-order valence-electron chi connectivity index (χ4n) is 2.83. The normalized spacial score (nSPS) is 11.6. The van der Waals surface area contributed by atoms with Crippen LogP contribution in [-0.2, 0) is 16.0 Å². The molecule has 4 heterocycles. The topological polar surface area (TPSA) is 82.3 Å². The van der Waals surface area contributed by atoms with E-state index < -0.39 is 0 Å². The number of nitrogens with zero attached hydrogens (tertiary/aromatic N) is 5. The molecule has 4 aromatic heterocycles. The Morgan fingerprint density at radius 2 is 2.17 bits per heavy atom. The van der Waals surface area contributed by atoms with Gasteiger partial charge >= 0.3 is 5.97 Å². The summed E-state index contributed by atoms with van der Waals surface area (Å²) in [6, 6.07) is 2.05. The second-order valence-corrected chi connectivity index (χ2v) is 6.56. The number of carbonyl (C=O) groups excluding carboxylic acids is 1. The minimum absolute atomic E-state index is 0.0539. The van der Waals surface area contributed by atoms with Gasteiger partial charge in [0.1, 0.15) is 22.3 Å². The Hall–Kier alpha value is -2.61. The molecule has 0 atom stereocenters. The Bertz CT molecular complexity index is 1100. The van der Waals surface area contributed by atoms with Gasteiger partial charge in [-0.1, -0.05) is 0 Å². The summed E-state index contributed by atoms with van der Waals surface area (Å²) in [5.74, 6) is 0.100. The van der Waals surface area contributed by atoms with Crippen LogP contribution in [0.4, 0.5) is 0 Å². The second kappa shape index (κ2) is 5.48. The van der Waals surface area contributed by atoms with E-state index >= 15 is 0 Å². The van der Waals surface area contributed by atoms with Gasteiger partial charge in [-0.3, -0.25) is 4.79 Å². The number of rotatable bonds is 3. The minimum atomic E-state index is -0.331. The highest BCUT2D eigenvalue weighted by Gasteiger charge is 2.17. The summed E-state index contributed by atoms with van der Waals surface area (Å²) >= 11 is 1.55. The molecule has 0 amide bonds. The highest BCUT2D eigenvalue weighted by atomic mass is 32.1. The molecular weight excluding hydrogens is 326 g/mol. The summed E-state index contributed by atoms with van der Waals surface area (Å²) in [6.45, 7) is 6.16. The maximum atomic E-state index is 11.6. The predicted octanol–water partition coefficient (Wildman–Crippen LogP) is 2.61. The molecule has 0 radical (unpaired) electrons. The summed E-state index contributed by atoms with van der Waals surface area (Å²) in [4.78, 5) is 26.2. The van der Waals surface area contributed by atoms with E-state index in [1.165, 1.54) is 0 Å². The molecule has 0 unspecified atom stereocenters. The van der Waals surface area contributed by atoms with Crippen LogP contribution in [-0.4, -0.2) is 37.1 Å². The van der Waals surface area contributed by atoms with Crippen molar-refractivity contribution in [1.29, 1.82) is 0 Å². The molecule has 8 heteroatoms. The lowest BCUT2D eigenvalue weighted by molar-refractivity contribution is -0.142. The van der Waals surface area contributed by atoms with Crippen LogP contribution >= 0.6 is 11.3 Å². The van der Waals surface area contributed by atoms with Crippen LogP contribution in [0.15, 0.2) is 12.4 Å². The van der Waals surface area contributed by atoms with Crippen molar-refractivity contribution in [1.82, 2.24) is 24.6 Å². The number of hydrogen-bond acceptors (Lipinski definition) is 7. The predicted molar refractivity (Wildman–Crippen MR) is 91.3 cm³/mol. The molecule has 4 aromatic rings. The maximum Gasteiger partial charge on any atom is 0.313 e. The Balaban J connectivity index is 1.92. The van der Waals surface area contributed by atoms with Crippen molar-refractivity contribution in [3.8, 4) is 0 Å². The number of aryl methyl sites for hydroxylation is 2. The van der Waals surface area contributed by atoms with Crippen molar-refractivity contribution < 1.29 is 9.53 Å². The first kappa shape index (κ1) is 14.9. The molecule has 0 spiro atoms. The third kappa shape index (κ3) is 2.30. The average molecular weight is 341 g/mol. The SMILES string of the molecule is CCOC(=O)Cc1nc2c3sc4nc(C)cc(C)c4c3ncn2n1. The number of pyridine rings is 1. The van der Waals surface area contributed by atoms with Crippen molar-refractivity contribution in [2.24, 2.45) is 0 Å². The summed E-state index contributed by atoms with van der Waals surface area (Å²) in [6.07, 6.45) is 1.68. The zero-order valence-corrected chi connectivity index (χ0v) is 14.3. The molecule has 7 nitrogen and oxygen atoms in total. The molecule has 0 aliphatic carbocycles. The van der Waals surface area contributed by atoms with E-state index in [1.807, 2.05) is 6.92 Å². The van der Waals surface area contributed by atoms with Crippen LogP contribution in [0.1, 0.15) is 24.0 Å². The Morgan fingerprint density at radius 1 is 1.33 bits per heavy atom. The van der Waals surface area contributed by atoms with Crippen molar-refractivity contribution in [3.05, 3.63) is 29.5 Å². The molecule has 24 heavy (non-hydrogen) atoms. The van der Waals surface area contributed by atoms with E-state index in [2.05, 4.69) is 33.0 Å². The van der Waals surface area contributed by atoms with E-state index in [0.717, 1.165) is 31.7 Å². The van der Waals surface area contributed by atoms with E-state index in [1.54, 1.807) is 29.1 Å². The Morgan fingerprint density at radius 3 is 2.96 bits per heavy atom. The van der Waals surface area contributed by atoms with Gasteiger partial charge in [-0.05, 0) is 32.4 Å². The van der Waals surface area contributed by atoms with Crippen molar-refractivity contribution in [3.63, 3.8) is 0 Å². The summed E-state index contributed by atoms with van der Waals surface area (Å²) in [5, 5.41) is 5.38. The highest BCUT2D eigenvalue weighted by molar-refractivity contribution is 7.26. The molecule has 0 saturated heterocycles. The van der Waals surface area contributed by atoms with E-state index in [-0.39, 0.29) is 12.4 Å². The largest absolute Gasteiger partial charge is 0.466 e. The molecule has 0 saturated carbocycles. The van der Waals surface area contributed by atoms with Gasteiger partial charge in [-0.25, -0.2) is 19.5 Å². The van der Waals surface area contributed by atoms with Crippen LogP contribution in [0.5, 0.6) is 0 Å². The molecule has 0 N–H and O–H groups in total. The number of fused-ring (bicyclic) bond motifs is 5. The number of hydrogen-bond donors (Lipinski definition) is 0. The second-order valence-electron chi connectivity index (χ2n) is 5.56. The lowest BCUT2D eigenvalue weighted by Gasteiger charge is -1.98. The smallest absolute Gasteiger partial charge is 0.313 e. The number of aromatic nitrogens is 5. The van der Waals surface area contributed by atoms with Crippen molar-refractivity contribution in [2.75, 3.05) is 6.61 Å². The minimum Gasteiger partial charge on any atom is -0.466 e. The fraction of sp³-hybridized carbons (Fsp3) is 0.312. The van der Waals surface area contributed by atoms with E-state index in [9.17, 15) is 4.79 Å². The molecule has 0 aliphatic heterocycles. The third-order valence-electron chi connectivity index (χ3n) is 3.74. The lowest BCUT2D eigenvalue weighted by atomic mass is 10.1. The molecule has 0 aromatic carbocycles. The van der Waals surface area contributed by atoms with Gasteiger partial charge in [0.2, 0.25) is 0 Å². The van der Waals surface area contributed by atoms with Gasteiger partial charge in [0, 0.05) is 11.1 Å². The van der Waals surface area contributed by atoms with Crippen LogP contribution in [0.3, 0.4) is 0 Å². The van der Waals surface area contributed by atoms with Crippen LogP contribution < -0.4 is 0 Å². The average Bonchev–Trinajstić information content (AvgIpc) is 3.06. The van der Waals surface area contributed by atoms with Gasteiger partial charge < -0.3 is 4.74 Å². The molecule has 0 aliphatic rings. The first-order chi connectivity index (χ1) is 11.6. The lowest BCUT2D eigenvalue weighted by Crippen LogP contribution is -2.08. The first-order valence-electron chi connectivity index (χ1n) is 7.63. The standard InChI is InChI=1S/C16H15N5O2S/c1-4-23-11(22)6-10-19-15-14-13(17-7-21(15)20-10)12-8(2)5-9(3)18-16(12)24-14/h5,7H,4,6H2,1-3H3. The van der Waals surface area contributed by atoms with Gasteiger partial charge in [-0.15, -0.1) is 16.4 Å². The molecular formula is C16H15N5O2S. The van der Waals surface area contributed by atoms with Crippen molar-refractivity contribution in [2.45, 2.75) is 27.2 Å². The highest BCUT2D eigenvalue weighted by Crippen LogP contribution is 2.35. The first-order valence-corrected chi connectivity index (χ1v) is 8.44. The Kier molecular flexibility index (Phi) is 3.42. The van der Waals surface area contributed by atoms with Gasteiger partial charge in [0.05, 0.1) is 12.1 Å². The van der Waals surface area contributed by atoms with Crippen molar-refractivity contribution >= 4 is 43.4 Å². The number of carbonyl (C=O) groups is 1. The number of esters is 1. The van der Waals surface area contributed by atoms with Crippen LogP contribution in [0.2, 0.25) is 0 Å². The molecule has 4 rings (SSSR count). The monoisotopic (exact) mass is 341 g/mol. The van der Waals surface area contributed by atoms with Crippen LogP contribution in [0, 0.1) is 13.8 Å². The maximum absolute atomic E-state index is 11.6. The Labute approximate surface area is 141 Å². The molecule has 0 fully saturated rings. The zero-order valence-electron chi connectivity index (χ0n) is 13.5. The summed E-state index contributed by atoms with van der Waals surface area (Å²) in [7, 11) is 0. The van der Waals surface area contributed by atoms with Gasteiger partial charge in [-0.2, -0.15) is 0 Å². The summed E-state index contributed by atoms with van der Waals surface area (Å²) in [5.41, 5.74) is 3.70.